The van der Waals surface area contributed by atoms with Gasteiger partial charge in [0.05, 0.1) is 19.3 Å². The van der Waals surface area contributed by atoms with Crippen molar-refractivity contribution < 1.29 is 9.47 Å². The average Bonchev–Trinajstić information content (AvgIpc) is 2.23. The Hall–Kier alpha value is -0.850. The van der Waals surface area contributed by atoms with Crippen molar-refractivity contribution in [2.24, 2.45) is 10.8 Å². The number of aliphatic imine (C=N–C) groups is 1. The SMILES string of the molecule is CCOC(C)CN=C(NN)NCCOC. The van der Waals surface area contributed by atoms with Crippen molar-refractivity contribution in [3.05, 3.63) is 0 Å². The number of nitrogens with two attached hydrogens (primary N) is 1. The molecule has 0 aliphatic rings. The van der Waals surface area contributed by atoms with Gasteiger partial charge in [-0.05, 0) is 13.8 Å². The van der Waals surface area contributed by atoms with Crippen molar-refractivity contribution in [3.8, 4) is 0 Å². The molecule has 0 radical (unpaired) electrons. The first kappa shape index (κ1) is 14.2. The van der Waals surface area contributed by atoms with Crippen molar-refractivity contribution in [1.82, 2.24) is 10.7 Å². The molecule has 0 heterocycles. The molecule has 0 aromatic carbocycles. The van der Waals surface area contributed by atoms with Crippen molar-refractivity contribution in [1.29, 1.82) is 0 Å². The second kappa shape index (κ2) is 9.70. The fourth-order valence-corrected chi connectivity index (χ4v) is 0.981. The standard InChI is InChI=1S/C9H22N4O2/c1-4-15-8(2)7-12-9(13-10)11-5-6-14-3/h8H,4-7,10H2,1-3H3,(H2,11,12,13). The van der Waals surface area contributed by atoms with Gasteiger partial charge in [0.15, 0.2) is 0 Å². The Morgan fingerprint density at radius 2 is 2.27 bits per heavy atom. The van der Waals surface area contributed by atoms with Crippen LogP contribution in [0.15, 0.2) is 4.99 Å². The van der Waals surface area contributed by atoms with Crippen LogP contribution >= 0.6 is 0 Å². The molecular weight excluding hydrogens is 196 g/mol. The van der Waals surface area contributed by atoms with Crippen LogP contribution in [0.5, 0.6) is 0 Å². The summed E-state index contributed by atoms with van der Waals surface area (Å²) in [7, 11) is 1.64. The minimum atomic E-state index is 0.0996. The van der Waals surface area contributed by atoms with E-state index >= 15 is 0 Å². The maximum atomic E-state index is 5.33. The Morgan fingerprint density at radius 3 is 2.80 bits per heavy atom. The normalized spacial score (nSPS) is 13.7. The summed E-state index contributed by atoms with van der Waals surface area (Å²) >= 11 is 0. The Bertz CT molecular complexity index is 175. The number of methoxy groups -OCH3 is 1. The maximum absolute atomic E-state index is 5.33. The lowest BCUT2D eigenvalue weighted by molar-refractivity contribution is 0.0828. The molecule has 0 fully saturated rings. The molecule has 15 heavy (non-hydrogen) atoms. The van der Waals surface area contributed by atoms with Crippen LogP contribution in [0.2, 0.25) is 0 Å². The fraction of sp³-hybridized carbons (Fsp3) is 0.889. The van der Waals surface area contributed by atoms with E-state index in [2.05, 4.69) is 15.7 Å². The molecule has 0 saturated carbocycles. The highest BCUT2D eigenvalue weighted by Crippen LogP contribution is 1.90. The first-order valence-corrected chi connectivity index (χ1v) is 5.10. The van der Waals surface area contributed by atoms with Crippen LogP contribution in [0.25, 0.3) is 0 Å². The topological polar surface area (TPSA) is 80.9 Å². The molecule has 0 rings (SSSR count). The predicted octanol–water partition coefficient (Wildman–Crippen LogP) is -0.533. The van der Waals surface area contributed by atoms with E-state index in [0.717, 1.165) is 0 Å². The van der Waals surface area contributed by atoms with Crippen LogP contribution in [0.3, 0.4) is 0 Å². The molecule has 0 aromatic rings. The summed E-state index contributed by atoms with van der Waals surface area (Å²) < 4.78 is 10.2. The molecule has 0 aromatic heterocycles. The Labute approximate surface area is 91.2 Å². The molecule has 4 N–H and O–H groups in total. The van der Waals surface area contributed by atoms with E-state index in [1.54, 1.807) is 7.11 Å². The smallest absolute Gasteiger partial charge is 0.205 e. The van der Waals surface area contributed by atoms with E-state index in [4.69, 9.17) is 15.3 Å². The largest absolute Gasteiger partial charge is 0.383 e. The number of guanidine groups is 1. The Morgan fingerprint density at radius 1 is 1.53 bits per heavy atom. The van der Waals surface area contributed by atoms with Crippen LogP contribution in [0, 0.1) is 0 Å². The molecule has 90 valence electrons. The summed E-state index contributed by atoms with van der Waals surface area (Å²) in [5.41, 5.74) is 2.49. The van der Waals surface area contributed by atoms with Gasteiger partial charge in [0.25, 0.3) is 0 Å². The highest BCUT2D eigenvalue weighted by molar-refractivity contribution is 5.79. The summed E-state index contributed by atoms with van der Waals surface area (Å²) in [5.74, 6) is 5.84. The predicted molar refractivity (Wildman–Crippen MR) is 60.6 cm³/mol. The second-order valence-electron chi connectivity index (χ2n) is 3.02. The van der Waals surface area contributed by atoms with E-state index in [1.165, 1.54) is 0 Å². The molecule has 0 amide bonds. The maximum Gasteiger partial charge on any atom is 0.205 e. The van der Waals surface area contributed by atoms with Crippen LogP contribution in [-0.2, 0) is 9.47 Å². The second-order valence-corrected chi connectivity index (χ2v) is 3.02. The van der Waals surface area contributed by atoms with Gasteiger partial charge in [-0.1, -0.05) is 0 Å². The number of ether oxygens (including phenoxy) is 2. The Kier molecular flexibility index (Phi) is 9.15. The van der Waals surface area contributed by atoms with Gasteiger partial charge >= 0.3 is 0 Å². The van der Waals surface area contributed by atoms with E-state index in [9.17, 15) is 0 Å². The highest BCUT2D eigenvalue weighted by atomic mass is 16.5. The van der Waals surface area contributed by atoms with Gasteiger partial charge in [-0.2, -0.15) is 0 Å². The molecule has 0 aliphatic carbocycles. The van der Waals surface area contributed by atoms with Gasteiger partial charge in [0.2, 0.25) is 5.96 Å². The molecular formula is C9H22N4O2. The highest BCUT2D eigenvalue weighted by Gasteiger charge is 2.00. The van der Waals surface area contributed by atoms with Gasteiger partial charge in [-0.3, -0.25) is 5.43 Å². The molecule has 0 saturated heterocycles. The number of nitrogens with one attached hydrogen (secondary N) is 2. The summed E-state index contributed by atoms with van der Waals surface area (Å²) in [5, 5.41) is 3.00. The molecule has 6 nitrogen and oxygen atoms in total. The van der Waals surface area contributed by atoms with Gasteiger partial charge < -0.3 is 14.8 Å². The monoisotopic (exact) mass is 218 g/mol. The third-order valence-electron chi connectivity index (χ3n) is 1.69. The van der Waals surface area contributed by atoms with E-state index in [1.807, 2.05) is 13.8 Å². The van der Waals surface area contributed by atoms with Crippen molar-refractivity contribution in [3.63, 3.8) is 0 Å². The first-order chi connectivity index (χ1) is 7.24. The minimum absolute atomic E-state index is 0.0996. The molecule has 0 bridgehead atoms. The number of rotatable bonds is 7. The van der Waals surface area contributed by atoms with Crippen molar-refractivity contribution >= 4 is 5.96 Å². The van der Waals surface area contributed by atoms with Crippen LogP contribution in [0.4, 0.5) is 0 Å². The van der Waals surface area contributed by atoms with Crippen molar-refractivity contribution in [2.45, 2.75) is 20.0 Å². The minimum Gasteiger partial charge on any atom is -0.383 e. The zero-order valence-electron chi connectivity index (χ0n) is 9.75. The van der Waals surface area contributed by atoms with E-state index < -0.39 is 0 Å². The van der Waals surface area contributed by atoms with Crippen LogP contribution < -0.4 is 16.6 Å². The van der Waals surface area contributed by atoms with Gasteiger partial charge in [-0.15, -0.1) is 0 Å². The van der Waals surface area contributed by atoms with Crippen LogP contribution in [0.1, 0.15) is 13.8 Å². The molecule has 1 unspecified atom stereocenters. The molecule has 0 spiro atoms. The molecule has 6 heteroatoms. The van der Waals surface area contributed by atoms with Gasteiger partial charge in [0.1, 0.15) is 0 Å². The first-order valence-electron chi connectivity index (χ1n) is 5.10. The molecule has 1 atom stereocenters. The third-order valence-corrected chi connectivity index (χ3v) is 1.69. The molecule has 0 aliphatic heterocycles. The average molecular weight is 218 g/mol. The zero-order valence-corrected chi connectivity index (χ0v) is 9.75. The summed E-state index contributed by atoms with van der Waals surface area (Å²) in [6.07, 6.45) is 0.0996. The number of hydrogen-bond acceptors (Lipinski definition) is 4. The van der Waals surface area contributed by atoms with Gasteiger partial charge in [-0.25, -0.2) is 10.8 Å². The number of hydrazine groups is 1. The Balaban J connectivity index is 3.77. The van der Waals surface area contributed by atoms with Crippen molar-refractivity contribution in [2.75, 3.05) is 33.4 Å². The third kappa shape index (κ3) is 8.17. The summed E-state index contributed by atoms with van der Waals surface area (Å²) in [4.78, 5) is 4.22. The zero-order chi connectivity index (χ0) is 11.5. The number of hydrogen-bond donors (Lipinski definition) is 3. The van der Waals surface area contributed by atoms with Crippen LogP contribution in [-0.4, -0.2) is 45.5 Å². The quantitative estimate of drug-likeness (QED) is 0.176. The number of nitrogens with zero attached hydrogens (tertiary/aromatic N) is 1. The van der Waals surface area contributed by atoms with Gasteiger partial charge in [0, 0.05) is 20.3 Å². The lowest BCUT2D eigenvalue weighted by atomic mass is 10.4. The lowest BCUT2D eigenvalue weighted by Crippen LogP contribution is -2.43. The lowest BCUT2D eigenvalue weighted by Gasteiger charge is -2.11. The fourth-order valence-electron chi connectivity index (χ4n) is 0.981. The van der Waals surface area contributed by atoms with E-state index in [-0.39, 0.29) is 6.10 Å². The van der Waals surface area contributed by atoms with E-state index in [0.29, 0.717) is 32.3 Å². The summed E-state index contributed by atoms with van der Waals surface area (Å²) in [6, 6.07) is 0. The summed E-state index contributed by atoms with van der Waals surface area (Å²) in [6.45, 7) is 6.48.